The van der Waals surface area contributed by atoms with Crippen molar-refractivity contribution in [2.24, 2.45) is 14.1 Å². The number of fused-ring (bicyclic) bond motifs is 1. The highest BCUT2D eigenvalue weighted by atomic mass is 79.9. The SMILES string of the molecule is Cn1c(=O)c2c(nc(CCCl)n2Cc2cccc(Br)c2)n(C)c1=O. The first-order valence-electron chi connectivity index (χ1n) is 7.39. The van der Waals surface area contributed by atoms with Crippen molar-refractivity contribution >= 4 is 38.7 Å². The molecule has 0 radical (unpaired) electrons. The number of hydrogen-bond donors (Lipinski definition) is 0. The quantitative estimate of drug-likeness (QED) is 0.617. The second-order valence-corrected chi connectivity index (χ2v) is 6.85. The molecule has 8 heteroatoms. The zero-order chi connectivity index (χ0) is 17.4. The molecule has 0 spiro atoms. The van der Waals surface area contributed by atoms with Crippen molar-refractivity contribution < 1.29 is 0 Å². The molecule has 0 aliphatic rings. The summed E-state index contributed by atoms with van der Waals surface area (Å²) >= 11 is 9.35. The van der Waals surface area contributed by atoms with Gasteiger partial charge in [-0.25, -0.2) is 9.78 Å². The summed E-state index contributed by atoms with van der Waals surface area (Å²) in [7, 11) is 3.09. The van der Waals surface area contributed by atoms with Gasteiger partial charge in [0.05, 0.1) is 0 Å². The molecule has 0 atom stereocenters. The van der Waals surface area contributed by atoms with Gasteiger partial charge in [-0.3, -0.25) is 13.9 Å². The molecule has 1 aromatic carbocycles. The van der Waals surface area contributed by atoms with Gasteiger partial charge in [0.25, 0.3) is 5.56 Å². The molecular formula is C16H16BrClN4O2. The number of aryl methyl sites for hydroxylation is 2. The molecule has 0 saturated heterocycles. The van der Waals surface area contributed by atoms with Gasteiger partial charge in [0.2, 0.25) is 0 Å². The third kappa shape index (κ3) is 2.82. The van der Waals surface area contributed by atoms with Crippen LogP contribution in [0.15, 0.2) is 38.3 Å². The maximum atomic E-state index is 12.6. The summed E-state index contributed by atoms with van der Waals surface area (Å²) in [6.07, 6.45) is 0.515. The predicted octanol–water partition coefficient (Wildman–Crippen LogP) is 2.03. The number of nitrogens with zero attached hydrogens (tertiary/aromatic N) is 4. The van der Waals surface area contributed by atoms with Gasteiger partial charge in [0.1, 0.15) is 5.82 Å². The zero-order valence-electron chi connectivity index (χ0n) is 13.3. The largest absolute Gasteiger partial charge is 0.332 e. The van der Waals surface area contributed by atoms with E-state index in [2.05, 4.69) is 20.9 Å². The van der Waals surface area contributed by atoms with Gasteiger partial charge in [-0.1, -0.05) is 28.1 Å². The first-order valence-corrected chi connectivity index (χ1v) is 8.72. The first-order chi connectivity index (χ1) is 11.4. The Morgan fingerprint density at radius 2 is 1.96 bits per heavy atom. The smallest absolute Gasteiger partial charge is 0.318 e. The van der Waals surface area contributed by atoms with Crippen LogP contribution >= 0.6 is 27.5 Å². The topological polar surface area (TPSA) is 61.8 Å². The lowest BCUT2D eigenvalue weighted by Crippen LogP contribution is -2.37. The van der Waals surface area contributed by atoms with Crippen molar-refractivity contribution in [3.8, 4) is 0 Å². The van der Waals surface area contributed by atoms with Gasteiger partial charge < -0.3 is 4.57 Å². The summed E-state index contributed by atoms with van der Waals surface area (Å²) in [6.45, 7) is 0.482. The lowest BCUT2D eigenvalue weighted by atomic mass is 10.2. The summed E-state index contributed by atoms with van der Waals surface area (Å²) in [4.78, 5) is 29.3. The Balaban J connectivity index is 2.30. The van der Waals surface area contributed by atoms with Crippen LogP contribution in [0, 0.1) is 0 Å². The van der Waals surface area contributed by atoms with Gasteiger partial charge in [-0.2, -0.15) is 0 Å². The highest BCUT2D eigenvalue weighted by Gasteiger charge is 2.18. The molecule has 0 amide bonds. The minimum Gasteiger partial charge on any atom is -0.318 e. The molecule has 0 unspecified atom stereocenters. The van der Waals surface area contributed by atoms with E-state index in [0.29, 0.717) is 35.8 Å². The van der Waals surface area contributed by atoms with Crippen molar-refractivity contribution in [1.29, 1.82) is 0 Å². The van der Waals surface area contributed by atoms with Crippen LogP contribution in [0.4, 0.5) is 0 Å². The van der Waals surface area contributed by atoms with E-state index in [-0.39, 0.29) is 5.56 Å². The molecule has 0 bridgehead atoms. The Bertz CT molecular complexity index is 1030. The Kier molecular flexibility index (Phi) is 4.64. The third-order valence-electron chi connectivity index (χ3n) is 3.97. The highest BCUT2D eigenvalue weighted by molar-refractivity contribution is 9.10. The van der Waals surface area contributed by atoms with Crippen LogP contribution in [0.3, 0.4) is 0 Å². The van der Waals surface area contributed by atoms with Crippen molar-refractivity contribution in [1.82, 2.24) is 18.7 Å². The minimum absolute atomic E-state index is 0.351. The molecule has 0 aliphatic carbocycles. The monoisotopic (exact) mass is 410 g/mol. The lowest BCUT2D eigenvalue weighted by Gasteiger charge is -2.09. The molecule has 126 valence electrons. The molecule has 0 aliphatic heterocycles. The van der Waals surface area contributed by atoms with Crippen molar-refractivity contribution in [3.05, 3.63) is 61.0 Å². The van der Waals surface area contributed by atoms with E-state index in [1.54, 1.807) is 7.05 Å². The van der Waals surface area contributed by atoms with Crippen LogP contribution in [-0.2, 0) is 27.1 Å². The molecule has 2 aromatic heterocycles. The minimum atomic E-state index is -0.392. The molecule has 0 fully saturated rings. The van der Waals surface area contributed by atoms with Crippen LogP contribution in [0.2, 0.25) is 0 Å². The van der Waals surface area contributed by atoms with Crippen LogP contribution < -0.4 is 11.2 Å². The normalized spacial score (nSPS) is 11.3. The average Bonchev–Trinajstić information content (AvgIpc) is 2.90. The van der Waals surface area contributed by atoms with Gasteiger partial charge in [0.15, 0.2) is 11.2 Å². The van der Waals surface area contributed by atoms with Gasteiger partial charge in [-0.05, 0) is 17.7 Å². The van der Waals surface area contributed by atoms with Crippen molar-refractivity contribution in [2.45, 2.75) is 13.0 Å². The number of benzene rings is 1. The molecule has 2 heterocycles. The highest BCUT2D eigenvalue weighted by Crippen LogP contribution is 2.17. The maximum Gasteiger partial charge on any atom is 0.332 e. The number of hydrogen-bond acceptors (Lipinski definition) is 3. The summed E-state index contributed by atoms with van der Waals surface area (Å²) in [5.41, 5.74) is 1.08. The number of rotatable bonds is 4. The fraction of sp³-hybridized carbons (Fsp3) is 0.312. The van der Waals surface area contributed by atoms with Crippen LogP contribution in [0.25, 0.3) is 11.2 Å². The Labute approximate surface area is 151 Å². The van der Waals surface area contributed by atoms with Crippen LogP contribution in [-0.4, -0.2) is 24.6 Å². The van der Waals surface area contributed by atoms with Gasteiger partial charge >= 0.3 is 5.69 Å². The van der Waals surface area contributed by atoms with E-state index in [9.17, 15) is 9.59 Å². The van der Waals surface area contributed by atoms with Crippen LogP contribution in [0.5, 0.6) is 0 Å². The van der Waals surface area contributed by atoms with Gasteiger partial charge in [-0.15, -0.1) is 11.6 Å². The molecule has 3 rings (SSSR count). The van der Waals surface area contributed by atoms with Crippen molar-refractivity contribution in [2.75, 3.05) is 5.88 Å². The zero-order valence-corrected chi connectivity index (χ0v) is 15.6. The van der Waals surface area contributed by atoms with Crippen molar-refractivity contribution in [3.63, 3.8) is 0 Å². The fourth-order valence-electron chi connectivity index (χ4n) is 2.76. The molecule has 24 heavy (non-hydrogen) atoms. The molecule has 0 N–H and O–H groups in total. The van der Waals surface area contributed by atoms with E-state index < -0.39 is 5.69 Å². The number of imidazole rings is 1. The Morgan fingerprint density at radius 1 is 1.21 bits per heavy atom. The molecular weight excluding hydrogens is 396 g/mol. The average molecular weight is 412 g/mol. The Morgan fingerprint density at radius 3 is 2.62 bits per heavy atom. The van der Waals surface area contributed by atoms with E-state index in [1.807, 2.05) is 28.8 Å². The van der Waals surface area contributed by atoms with E-state index in [4.69, 9.17) is 11.6 Å². The molecule has 3 aromatic rings. The summed E-state index contributed by atoms with van der Waals surface area (Å²) in [5, 5.41) is 0. The Hall–Kier alpha value is -1.86. The summed E-state index contributed by atoms with van der Waals surface area (Å²) in [6, 6.07) is 7.85. The summed E-state index contributed by atoms with van der Waals surface area (Å²) in [5.74, 6) is 1.08. The van der Waals surface area contributed by atoms with Gasteiger partial charge in [0, 0.05) is 37.4 Å². The lowest BCUT2D eigenvalue weighted by molar-refractivity contribution is 0.700. The van der Waals surface area contributed by atoms with E-state index in [1.165, 1.54) is 11.6 Å². The van der Waals surface area contributed by atoms with E-state index in [0.717, 1.165) is 14.6 Å². The fourth-order valence-corrected chi connectivity index (χ4v) is 3.37. The number of halogens is 2. The van der Waals surface area contributed by atoms with E-state index >= 15 is 0 Å². The maximum absolute atomic E-state index is 12.6. The standard InChI is InChI=1S/C16H16BrClN4O2/c1-20-14-13(15(23)21(2)16(20)24)22(12(19-14)6-7-18)9-10-4-3-5-11(17)8-10/h3-5,8H,6-7,9H2,1-2H3. The molecule has 0 saturated carbocycles. The van der Waals surface area contributed by atoms with Crippen LogP contribution in [0.1, 0.15) is 11.4 Å². The third-order valence-corrected chi connectivity index (χ3v) is 4.66. The predicted molar refractivity (Wildman–Crippen MR) is 97.9 cm³/mol. The number of alkyl halides is 1. The second kappa shape index (κ2) is 6.57. The molecule has 6 nitrogen and oxygen atoms in total. The first kappa shape index (κ1) is 17.0. The second-order valence-electron chi connectivity index (χ2n) is 5.56. The summed E-state index contributed by atoms with van der Waals surface area (Å²) < 4.78 is 5.31. The number of aromatic nitrogens is 4.